The molecule has 1 saturated heterocycles. The zero-order valence-corrected chi connectivity index (χ0v) is 15.7. The lowest BCUT2D eigenvalue weighted by Crippen LogP contribution is -2.21. The molecule has 1 N–H and O–H groups in total. The maximum Gasteiger partial charge on any atom is 0.198 e. The summed E-state index contributed by atoms with van der Waals surface area (Å²) in [5, 5.41) is 9.76. The number of carbonyl (C=O) groups excluding carboxylic acids is 1. The van der Waals surface area contributed by atoms with Crippen molar-refractivity contribution in [3.05, 3.63) is 71.0 Å². The Morgan fingerprint density at radius 1 is 1.07 bits per heavy atom. The Bertz CT molecular complexity index is 1080. The van der Waals surface area contributed by atoms with Gasteiger partial charge in [0.05, 0.1) is 23.1 Å². The second-order valence-corrected chi connectivity index (χ2v) is 7.60. The van der Waals surface area contributed by atoms with Crippen LogP contribution in [-0.2, 0) is 6.54 Å². The van der Waals surface area contributed by atoms with Gasteiger partial charge in [-0.1, -0.05) is 42.5 Å². The van der Waals surface area contributed by atoms with Gasteiger partial charge in [-0.15, -0.1) is 0 Å². The number of aromatic nitrogens is 2. The summed E-state index contributed by atoms with van der Waals surface area (Å²) >= 11 is 0. The van der Waals surface area contributed by atoms with E-state index in [9.17, 15) is 9.90 Å². The number of fused-ring (bicyclic) bond motifs is 3. The van der Waals surface area contributed by atoms with Crippen molar-refractivity contribution in [2.75, 3.05) is 13.1 Å². The third-order valence-electron chi connectivity index (χ3n) is 5.53. The lowest BCUT2D eigenvalue weighted by atomic mass is 10.0. The summed E-state index contributed by atoms with van der Waals surface area (Å²) < 4.78 is 0. The Morgan fingerprint density at radius 2 is 1.86 bits per heavy atom. The average molecular weight is 371 g/mol. The van der Waals surface area contributed by atoms with Crippen LogP contribution < -0.4 is 0 Å². The van der Waals surface area contributed by atoms with Crippen molar-refractivity contribution in [2.45, 2.75) is 26.0 Å². The predicted octanol–water partition coefficient (Wildman–Crippen LogP) is 3.23. The highest BCUT2D eigenvalue weighted by Crippen LogP contribution is 2.40. The molecule has 2 aliphatic rings. The van der Waals surface area contributed by atoms with Crippen LogP contribution in [0.4, 0.5) is 0 Å². The van der Waals surface area contributed by atoms with Gasteiger partial charge < -0.3 is 5.11 Å². The fourth-order valence-corrected chi connectivity index (χ4v) is 4.22. The van der Waals surface area contributed by atoms with Crippen molar-refractivity contribution in [1.82, 2.24) is 14.9 Å². The van der Waals surface area contributed by atoms with Gasteiger partial charge in [0.1, 0.15) is 5.82 Å². The number of aliphatic hydroxyl groups excluding tert-OH is 1. The number of hydrogen-bond acceptors (Lipinski definition) is 5. The van der Waals surface area contributed by atoms with Crippen LogP contribution in [0, 0.1) is 6.92 Å². The second kappa shape index (κ2) is 6.62. The molecule has 5 nitrogen and oxygen atoms in total. The minimum atomic E-state index is -0.236. The van der Waals surface area contributed by atoms with E-state index in [0.717, 1.165) is 41.9 Å². The molecule has 5 heteroatoms. The Kier molecular flexibility index (Phi) is 4.07. The number of aliphatic hydroxyl groups is 1. The van der Waals surface area contributed by atoms with E-state index in [0.29, 0.717) is 29.2 Å². The fraction of sp³-hybridized carbons (Fsp3) is 0.261. The monoisotopic (exact) mass is 371 g/mol. The number of β-amino-alcohol motifs (C(OH)–C–C–N with tert-alkyl or cyclic N) is 1. The molecule has 0 spiro atoms. The zero-order valence-electron chi connectivity index (χ0n) is 15.7. The summed E-state index contributed by atoms with van der Waals surface area (Å²) in [5.74, 6) is 0.651. The van der Waals surface area contributed by atoms with Crippen LogP contribution >= 0.6 is 0 Å². The van der Waals surface area contributed by atoms with E-state index in [2.05, 4.69) is 20.9 Å². The Balaban J connectivity index is 1.59. The maximum absolute atomic E-state index is 13.2. The van der Waals surface area contributed by atoms with Gasteiger partial charge in [0.15, 0.2) is 5.78 Å². The van der Waals surface area contributed by atoms with E-state index in [1.54, 1.807) is 0 Å². The van der Waals surface area contributed by atoms with E-state index in [1.807, 2.05) is 49.4 Å². The van der Waals surface area contributed by atoms with Crippen LogP contribution in [0.25, 0.3) is 22.5 Å². The topological polar surface area (TPSA) is 66.3 Å². The molecule has 0 amide bonds. The van der Waals surface area contributed by atoms with Crippen molar-refractivity contribution in [1.29, 1.82) is 0 Å². The number of carbonyl (C=O) groups is 1. The Hall–Kier alpha value is -2.89. The number of likely N-dealkylation sites (tertiary alicyclic amines) is 1. The molecule has 140 valence electrons. The molecule has 0 bridgehead atoms. The molecule has 0 radical (unpaired) electrons. The first-order valence-electron chi connectivity index (χ1n) is 9.62. The second-order valence-electron chi connectivity index (χ2n) is 7.60. The number of benzene rings is 2. The van der Waals surface area contributed by atoms with Crippen LogP contribution in [-0.4, -0.2) is 45.0 Å². The van der Waals surface area contributed by atoms with Crippen LogP contribution in [0.3, 0.4) is 0 Å². The van der Waals surface area contributed by atoms with Gasteiger partial charge in [-0.3, -0.25) is 9.69 Å². The lowest BCUT2D eigenvalue weighted by Gasteiger charge is -2.15. The molecule has 2 heterocycles. The first-order valence-corrected chi connectivity index (χ1v) is 9.62. The Morgan fingerprint density at radius 3 is 2.61 bits per heavy atom. The van der Waals surface area contributed by atoms with Crippen molar-refractivity contribution in [3.63, 3.8) is 0 Å². The predicted molar refractivity (Wildman–Crippen MR) is 107 cm³/mol. The molecule has 5 rings (SSSR count). The van der Waals surface area contributed by atoms with E-state index < -0.39 is 0 Å². The van der Waals surface area contributed by atoms with Crippen molar-refractivity contribution in [3.8, 4) is 22.5 Å². The number of ketones is 1. The molecule has 1 unspecified atom stereocenters. The highest BCUT2D eigenvalue weighted by molar-refractivity contribution is 6.23. The molecule has 1 atom stereocenters. The lowest BCUT2D eigenvalue weighted by molar-refractivity contribution is 0.104. The molecule has 1 aromatic heterocycles. The number of hydrogen-bond donors (Lipinski definition) is 1. The molecule has 0 saturated carbocycles. The van der Waals surface area contributed by atoms with E-state index >= 15 is 0 Å². The molecule has 28 heavy (non-hydrogen) atoms. The van der Waals surface area contributed by atoms with Gasteiger partial charge in [-0.25, -0.2) is 9.97 Å². The molecule has 2 aromatic carbocycles. The first kappa shape index (κ1) is 17.2. The summed E-state index contributed by atoms with van der Waals surface area (Å²) in [6.45, 7) is 4.23. The van der Waals surface area contributed by atoms with Gasteiger partial charge in [-0.2, -0.15) is 0 Å². The SMILES string of the molecule is Cc1nc(-c2ccccc2)c2c(n1)-c1cc(CN3CCC(O)C3)ccc1C2=O. The smallest absolute Gasteiger partial charge is 0.198 e. The third kappa shape index (κ3) is 2.84. The first-order chi connectivity index (χ1) is 13.6. The van der Waals surface area contributed by atoms with E-state index in [4.69, 9.17) is 0 Å². The Labute approximate surface area is 163 Å². The normalized spacial score (nSPS) is 18.4. The zero-order chi connectivity index (χ0) is 19.3. The van der Waals surface area contributed by atoms with Gasteiger partial charge >= 0.3 is 0 Å². The van der Waals surface area contributed by atoms with E-state index in [1.165, 1.54) is 0 Å². The van der Waals surface area contributed by atoms with Crippen molar-refractivity contribution < 1.29 is 9.90 Å². The summed E-state index contributed by atoms with van der Waals surface area (Å²) in [6.07, 6.45) is 0.583. The molecule has 3 aromatic rings. The molecular formula is C23H21N3O2. The molecule has 1 aliphatic carbocycles. The van der Waals surface area contributed by atoms with Gasteiger partial charge in [0.25, 0.3) is 0 Å². The van der Waals surface area contributed by atoms with Gasteiger partial charge in [-0.05, 0) is 25.0 Å². The molecule has 1 fully saturated rings. The van der Waals surface area contributed by atoms with Crippen molar-refractivity contribution in [2.24, 2.45) is 0 Å². The molecule has 1 aliphatic heterocycles. The average Bonchev–Trinajstić information content (AvgIpc) is 3.23. The molecular weight excluding hydrogens is 350 g/mol. The maximum atomic E-state index is 13.2. The summed E-state index contributed by atoms with van der Waals surface area (Å²) in [5.41, 5.74) is 5.67. The van der Waals surface area contributed by atoms with Gasteiger partial charge in [0, 0.05) is 36.3 Å². The fourth-order valence-electron chi connectivity index (χ4n) is 4.22. The quantitative estimate of drug-likeness (QED) is 0.599. The van der Waals surface area contributed by atoms with Gasteiger partial charge in [0.2, 0.25) is 0 Å². The van der Waals surface area contributed by atoms with Crippen LogP contribution in [0.5, 0.6) is 0 Å². The standard InChI is InChI=1S/C23H21N3O2/c1-14-24-21(16-5-3-2-4-6-16)20-22(25-14)19-11-15(7-8-18(19)23(20)28)12-26-10-9-17(27)13-26/h2-8,11,17,27H,9-10,12-13H2,1H3. The number of nitrogens with zero attached hydrogens (tertiary/aromatic N) is 3. The summed E-state index contributed by atoms with van der Waals surface area (Å²) in [6, 6.07) is 15.8. The largest absolute Gasteiger partial charge is 0.392 e. The number of aryl methyl sites for hydroxylation is 1. The summed E-state index contributed by atoms with van der Waals surface area (Å²) in [7, 11) is 0. The summed E-state index contributed by atoms with van der Waals surface area (Å²) in [4.78, 5) is 24.6. The minimum absolute atomic E-state index is 0.00741. The van der Waals surface area contributed by atoms with Crippen molar-refractivity contribution >= 4 is 5.78 Å². The van der Waals surface area contributed by atoms with Crippen LogP contribution in [0.1, 0.15) is 33.7 Å². The minimum Gasteiger partial charge on any atom is -0.392 e. The third-order valence-corrected chi connectivity index (χ3v) is 5.53. The van der Waals surface area contributed by atoms with E-state index in [-0.39, 0.29) is 11.9 Å². The highest BCUT2D eigenvalue weighted by Gasteiger charge is 2.32. The highest BCUT2D eigenvalue weighted by atomic mass is 16.3. The van der Waals surface area contributed by atoms with Crippen LogP contribution in [0.15, 0.2) is 48.5 Å². The van der Waals surface area contributed by atoms with Crippen LogP contribution in [0.2, 0.25) is 0 Å². The number of rotatable bonds is 3.